The van der Waals surface area contributed by atoms with Gasteiger partial charge in [0, 0.05) is 13.2 Å². The monoisotopic (exact) mass is 490 g/mol. The Morgan fingerprint density at radius 2 is 0.441 bits per heavy atom. The van der Waals surface area contributed by atoms with Crippen LogP contribution in [0.25, 0.3) is 0 Å². The minimum atomic E-state index is 0.583. The molecule has 0 aromatic rings. The molecule has 0 heterocycles. The first-order chi connectivity index (χ1) is 16.9. The summed E-state index contributed by atoms with van der Waals surface area (Å²) in [6.45, 7) is 12.4. The highest BCUT2D eigenvalue weighted by Gasteiger charge is 1.96. The van der Waals surface area contributed by atoms with E-state index in [0.717, 1.165) is 26.1 Å². The van der Waals surface area contributed by atoms with Crippen LogP contribution in [0, 0.1) is 0 Å². The van der Waals surface area contributed by atoms with Crippen molar-refractivity contribution in [2.45, 2.75) is 104 Å². The molecule has 0 saturated carbocycles. The van der Waals surface area contributed by atoms with Gasteiger partial charge in [0.1, 0.15) is 0 Å². The Hall–Kier alpha value is -0.240. The van der Waals surface area contributed by atoms with E-state index in [1.807, 2.05) is 0 Å². The second kappa shape index (κ2) is 32.8. The van der Waals surface area contributed by atoms with Crippen LogP contribution in [-0.2, 0) is 28.4 Å². The predicted molar refractivity (Wildman–Crippen MR) is 141 cm³/mol. The van der Waals surface area contributed by atoms with Gasteiger partial charge in [0.15, 0.2) is 0 Å². The summed E-state index contributed by atoms with van der Waals surface area (Å²) in [5.41, 5.74) is 0. The molecule has 0 spiro atoms. The van der Waals surface area contributed by atoms with Gasteiger partial charge in [-0.1, -0.05) is 90.9 Å². The quantitative estimate of drug-likeness (QED) is 0.102. The average Bonchev–Trinajstić information content (AvgIpc) is 2.85. The van der Waals surface area contributed by atoms with Crippen LogP contribution in [0.3, 0.4) is 0 Å². The van der Waals surface area contributed by atoms with E-state index in [4.69, 9.17) is 28.4 Å². The van der Waals surface area contributed by atoms with Crippen LogP contribution in [0.1, 0.15) is 104 Å². The first kappa shape index (κ1) is 33.8. The number of hydrogen-bond acceptors (Lipinski definition) is 6. The fourth-order valence-electron chi connectivity index (χ4n) is 3.52. The fourth-order valence-corrected chi connectivity index (χ4v) is 3.52. The minimum Gasteiger partial charge on any atom is -0.379 e. The van der Waals surface area contributed by atoms with Crippen LogP contribution in [0.2, 0.25) is 0 Å². The molecule has 0 aliphatic rings. The third-order valence-corrected chi connectivity index (χ3v) is 5.64. The molecule has 0 fully saturated rings. The molecule has 0 radical (unpaired) electrons. The molecule has 0 bridgehead atoms. The summed E-state index contributed by atoms with van der Waals surface area (Å²) in [6.07, 6.45) is 18.4. The van der Waals surface area contributed by atoms with Crippen molar-refractivity contribution in [3.8, 4) is 0 Å². The summed E-state index contributed by atoms with van der Waals surface area (Å²) < 4.78 is 33.2. The van der Waals surface area contributed by atoms with Gasteiger partial charge in [0.25, 0.3) is 0 Å². The molecular formula is C28H58O6. The van der Waals surface area contributed by atoms with Crippen molar-refractivity contribution in [2.24, 2.45) is 0 Å². The molecule has 206 valence electrons. The fraction of sp³-hybridized carbons (Fsp3) is 1.00. The van der Waals surface area contributed by atoms with E-state index in [-0.39, 0.29) is 0 Å². The predicted octanol–water partition coefficient (Wildman–Crippen LogP) is 6.59. The Morgan fingerprint density at radius 1 is 0.235 bits per heavy atom. The van der Waals surface area contributed by atoms with Gasteiger partial charge in [-0.3, -0.25) is 0 Å². The molecule has 0 atom stereocenters. The van der Waals surface area contributed by atoms with E-state index in [0.29, 0.717) is 66.1 Å². The number of unbranched alkanes of at least 4 members (excludes halogenated alkanes) is 12. The maximum atomic E-state index is 5.61. The number of rotatable bonds is 31. The number of hydrogen-bond donors (Lipinski definition) is 0. The van der Waals surface area contributed by atoms with Crippen molar-refractivity contribution in [1.29, 1.82) is 0 Å². The Morgan fingerprint density at radius 3 is 0.706 bits per heavy atom. The van der Waals surface area contributed by atoms with E-state index in [9.17, 15) is 0 Å². The van der Waals surface area contributed by atoms with Crippen molar-refractivity contribution < 1.29 is 28.4 Å². The molecule has 0 aliphatic heterocycles. The molecule has 0 N–H and O–H groups in total. The van der Waals surface area contributed by atoms with Gasteiger partial charge in [-0.05, 0) is 12.8 Å². The van der Waals surface area contributed by atoms with Crippen LogP contribution < -0.4 is 0 Å². The van der Waals surface area contributed by atoms with Gasteiger partial charge in [-0.2, -0.15) is 0 Å². The van der Waals surface area contributed by atoms with Gasteiger partial charge in [0.2, 0.25) is 0 Å². The molecule has 0 saturated heterocycles. The summed E-state index contributed by atoms with van der Waals surface area (Å²) in [4.78, 5) is 0. The lowest BCUT2D eigenvalue weighted by Crippen LogP contribution is -2.14. The summed E-state index contributed by atoms with van der Waals surface area (Å²) in [7, 11) is 0. The van der Waals surface area contributed by atoms with Crippen LogP contribution in [-0.4, -0.2) is 79.3 Å². The summed E-state index contributed by atoms with van der Waals surface area (Å²) in [5.74, 6) is 0. The normalized spacial score (nSPS) is 11.5. The highest BCUT2D eigenvalue weighted by molar-refractivity contribution is 4.46. The Kier molecular flexibility index (Phi) is 32.5. The molecule has 0 aromatic heterocycles. The molecule has 6 nitrogen and oxygen atoms in total. The third kappa shape index (κ3) is 31.8. The van der Waals surface area contributed by atoms with Crippen LogP contribution in [0.15, 0.2) is 0 Å². The molecular weight excluding hydrogens is 432 g/mol. The van der Waals surface area contributed by atoms with Crippen molar-refractivity contribution in [3.05, 3.63) is 0 Å². The van der Waals surface area contributed by atoms with Gasteiger partial charge in [-0.25, -0.2) is 0 Å². The lowest BCUT2D eigenvalue weighted by molar-refractivity contribution is -0.0169. The standard InChI is InChI=1S/C28H58O6/c1-3-5-7-9-11-12-14-16-18-30-20-22-32-24-26-34-28-27-33-25-23-31-21-19-29-17-15-13-10-8-6-4-2/h3-28H2,1-2H3. The first-order valence-corrected chi connectivity index (χ1v) is 14.4. The first-order valence-electron chi connectivity index (χ1n) is 14.4. The molecule has 6 heteroatoms. The highest BCUT2D eigenvalue weighted by Crippen LogP contribution is 2.08. The maximum absolute atomic E-state index is 5.61. The van der Waals surface area contributed by atoms with E-state index in [1.165, 1.54) is 77.0 Å². The lowest BCUT2D eigenvalue weighted by atomic mass is 10.1. The summed E-state index contributed by atoms with van der Waals surface area (Å²) >= 11 is 0. The van der Waals surface area contributed by atoms with Gasteiger partial charge < -0.3 is 28.4 Å². The Labute approximate surface area is 211 Å². The molecule has 0 aromatic carbocycles. The lowest BCUT2D eigenvalue weighted by Gasteiger charge is -2.08. The zero-order valence-electron chi connectivity index (χ0n) is 22.8. The van der Waals surface area contributed by atoms with Crippen molar-refractivity contribution in [3.63, 3.8) is 0 Å². The number of ether oxygens (including phenoxy) is 6. The van der Waals surface area contributed by atoms with Crippen LogP contribution in [0.5, 0.6) is 0 Å². The molecule has 0 amide bonds. The second-order valence-electron chi connectivity index (χ2n) is 8.92. The van der Waals surface area contributed by atoms with Crippen molar-refractivity contribution >= 4 is 0 Å². The molecule has 0 rings (SSSR count). The van der Waals surface area contributed by atoms with Crippen molar-refractivity contribution in [1.82, 2.24) is 0 Å². The van der Waals surface area contributed by atoms with E-state index >= 15 is 0 Å². The van der Waals surface area contributed by atoms with Crippen LogP contribution in [0.4, 0.5) is 0 Å². The average molecular weight is 491 g/mol. The Bertz CT molecular complexity index is 311. The smallest absolute Gasteiger partial charge is 0.0701 e. The zero-order chi connectivity index (χ0) is 24.6. The summed E-state index contributed by atoms with van der Waals surface area (Å²) in [5, 5.41) is 0. The topological polar surface area (TPSA) is 55.4 Å². The van der Waals surface area contributed by atoms with Gasteiger partial charge in [0.05, 0.1) is 66.1 Å². The SMILES string of the molecule is CCCCCCCCCCOCCOCCOCCOCCOCCOCCCCCCCC. The molecule has 0 aliphatic carbocycles. The summed E-state index contributed by atoms with van der Waals surface area (Å²) in [6, 6.07) is 0. The van der Waals surface area contributed by atoms with Gasteiger partial charge in [-0.15, -0.1) is 0 Å². The van der Waals surface area contributed by atoms with E-state index in [2.05, 4.69) is 13.8 Å². The van der Waals surface area contributed by atoms with Crippen molar-refractivity contribution in [2.75, 3.05) is 79.3 Å². The maximum Gasteiger partial charge on any atom is 0.0701 e. The van der Waals surface area contributed by atoms with Gasteiger partial charge >= 0.3 is 0 Å². The molecule has 34 heavy (non-hydrogen) atoms. The third-order valence-electron chi connectivity index (χ3n) is 5.64. The van der Waals surface area contributed by atoms with Crippen LogP contribution >= 0.6 is 0 Å². The minimum absolute atomic E-state index is 0.583. The van der Waals surface area contributed by atoms with E-state index < -0.39 is 0 Å². The molecule has 0 unspecified atom stereocenters. The second-order valence-corrected chi connectivity index (χ2v) is 8.92. The van der Waals surface area contributed by atoms with E-state index in [1.54, 1.807) is 0 Å². The largest absolute Gasteiger partial charge is 0.379 e. The Balaban J connectivity index is 2.99. The zero-order valence-corrected chi connectivity index (χ0v) is 22.8. The highest BCUT2D eigenvalue weighted by atomic mass is 16.6.